The van der Waals surface area contributed by atoms with E-state index >= 15 is 0 Å². The summed E-state index contributed by atoms with van der Waals surface area (Å²) in [5.41, 5.74) is 7.02. The van der Waals surface area contributed by atoms with Crippen molar-refractivity contribution >= 4 is 31.5 Å². The maximum Gasteiger partial charge on any atom is 0.203 e. The molecule has 2 aromatic carbocycles. The van der Waals surface area contributed by atoms with Gasteiger partial charge in [-0.1, -0.05) is 30.3 Å². The van der Waals surface area contributed by atoms with E-state index in [9.17, 15) is 8.42 Å². The van der Waals surface area contributed by atoms with Gasteiger partial charge in [0.2, 0.25) is 9.84 Å². The average Bonchev–Trinajstić information content (AvgIpc) is 2.39. The van der Waals surface area contributed by atoms with Gasteiger partial charge in [0.25, 0.3) is 0 Å². The summed E-state index contributed by atoms with van der Waals surface area (Å²) in [6.45, 7) is 0.257. The van der Waals surface area contributed by atoms with Gasteiger partial charge < -0.3 is 10.5 Å². The Labute approximate surface area is 126 Å². The maximum absolute atomic E-state index is 12.2. The van der Waals surface area contributed by atoms with Gasteiger partial charge >= 0.3 is 0 Å². The van der Waals surface area contributed by atoms with Crippen LogP contribution in [0.1, 0.15) is 5.56 Å². The molecule has 0 aromatic heterocycles. The molecule has 0 fully saturated rings. The Morgan fingerprint density at radius 3 is 2.45 bits per heavy atom. The molecule has 0 spiro atoms. The second-order valence-electron chi connectivity index (χ2n) is 4.26. The van der Waals surface area contributed by atoms with Gasteiger partial charge in [0.15, 0.2) is 5.94 Å². The number of nitrogen functional groups attached to an aromatic ring is 1. The Bertz CT molecular complexity index is 687. The third-order valence-corrected chi connectivity index (χ3v) is 5.06. The summed E-state index contributed by atoms with van der Waals surface area (Å²) in [6, 6.07) is 14.0. The van der Waals surface area contributed by atoms with Gasteiger partial charge in [0, 0.05) is 10.2 Å². The van der Waals surface area contributed by atoms with Gasteiger partial charge in [-0.3, -0.25) is 0 Å². The van der Waals surface area contributed by atoms with Crippen molar-refractivity contribution in [2.75, 3.05) is 11.7 Å². The van der Waals surface area contributed by atoms with E-state index in [2.05, 4.69) is 15.9 Å². The minimum absolute atomic E-state index is 0.180. The molecule has 0 radical (unpaired) electrons. The summed E-state index contributed by atoms with van der Waals surface area (Å²) in [5, 5.41) is 0. The monoisotopic (exact) mass is 355 g/mol. The topological polar surface area (TPSA) is 69.4 Å². The van der Waals surface area contributed by atoms with Crippen molar-refractivity contribution in [2.24, 2.45) is 0 Å². The number of benzene rings is 2. The van der Waals surface area contributed by atoms with Crippen LogP contribution in [0.15, 0.2) is 57.9 Å². The number of nitrogens with two attached hydrogens (primary N) is 1. The van der Waals surface area contributed by atoms with Crippen LogP contribution in [0.4, 0.5) is 5.69 Å². The van der Waals surface area contributed by atoms with E-state index < -0.39 is 9.84 Å². The van der Waals surface area contributed by atoms with Crippen LogP contribution >= 0.6 is 15.9 Å². The summed E-state index contributed by atoms with van der Waals surface area (Å²) in [5.74, 6) is -0.371. The van der Waals surface area contributed by atoms with Gasteiger partial charge in [-0.15, -0.1) is 0 Å². The Hall–Kier alpha value is -1.37. The fourth-order valence-corrected chi connectivity index (χ4v) is 3.87. The van der Waals surface area contributed by atoms with E-state index in [1.165, 1.54) is 6.07 Å². The van der Waals surface area contributed by atoms with Gasteiger partial charge in [-0.2, -0.15) is 0 Å². The molecule has 20 heavy (non-hydrogen) atoms. The normalized spacial score (nSPS) is 11.4. The van der Waals surface area contributed by atoms with Gasteiger partial charge in [0.05, 0.1) is 11.5 Å². The third kappa shape index (κ3) is 3.82. The summed E-state index contributed by atoms with van der Waals surface area (Å²) in [4.78, 5) is 0.180. The summed E-state index contributed by atoms with van der Waals surface area (Å²) >= 11 is 3.21. The van der Waals surface area contributed by atoms with Crippen molar-refractivity contribution < 1.29 is 13.2 Å². The van der Waals surface area contributed by atoms with Gasteiger partial charge in [-0.25, -0.2) is 8.42 Å². The van der Waals surface area contributed by atoms with Gasteiger partial charge in [-0.05, 0) is 39.7 Å². The first-order valence-corrected chi connectivity index (χ1v) is 8.33. The van der Waals surface area contributed by atoms with Crippen molar-refractivity contribution in [2.45, 2.75) is 11.5 Å². The zero-order valence-electron chi connectivity index (χ0n) is 10.6. The highest BCUT2D eigenvalue weighted by Gasteiger charge is 2.18. The first-order chi connectivity index (χ1) is 9.49. The lowest BCUT2D eigenvalue weighted by Gasteiger charge is -2.08. The second kappa shape index (κ2) is 6.39. The lowest BCUT2D eigenvalue weighted by Crippen LogP contribution is -2.11. The van der Waals surface area contributed by atoms with Crippen molar-refractivity contribution in [3.8, 4) is 0 Å². The van der Waals surface area contributed by atoms with Crippen LogP contribution in [0.3, 0.4) is 0 Å². The lowest BCUT2D eigenvalue weighted by atomic mass is 10.2. The average molecular weight is 356 g/mol. The third-order valence-electron chi connectivity index (χ3n) is 2.64. The zero-order chi connectivity index (χ0) is 14.6. The lowest BCUT2D eigenvalue weighted by molar-refractivity contribution is 0.163. The van der Waals surface area contributed by atoms with Crippen molar-refractivity contribution in [1.29, 1.82) is 0 Å². The highest BCUT2D eigenvalue weighted by molar-refractivity contribution is 9.10. The van der Waals surface area contributed by atoms with E-state index in [1.54, 1.807) is 12.1 Å². The number of anilines is 1. The molecule has 0 aliphatic heterocycles. The minimum atomic E-state index is -3.50. The number of hydrogen-bond acceptors (Lipinski definition) is 4. The van der Waals surface area contributed by atoms with E-state index in [4.69, 9.17) is 10.5 Å². The number of ether oxygens (including phenoxy) is 1. The molecule has 2 N–H and O–H groups in total. The summed E-state index contributed by atoms with van der Waals surface area (Å²) in [7, 11) is -3.50. The van der Waals surface area contributed by atoms with Crippen LogP contribution in [-0.4, -0.2) is 14.4 Å². The fraction of sp³-hybridized carbons (Fsp3) is 0.143. The highest BCUT2D eigenvalue weighted by atomic mass is 79.9. The predicted molar refractivity (Wildman–Crippen MR) is 81.8 cm³/mol. The van der Waals surface area contributed by atoms with Crippen LogP contribution in [-0.2, 0) is 21.2 Å². The molecule has 0 aliphatic carbocycles. The molecule has 2 rings (SSSR count). The number of hydrogen-bond donors (Lipinski definition) is 1. The van der Waals surface area contributed by atoms with Crippen molar-refractivity contribution in [3.63, 3.8) is 0 Å². The Morgan fingerprint density at radius 2 is 1.80 bits per heavy atom. The molecular formula is C14H14BrNO3S. The molecule has 0 unspecified atom stereocenters. The molecule has 0 aliphatic rings. The Kier molecular flexibility index (Phi) is 4.80. The molecule has 0 saturated carbocycles. The largest absolute Gasteiger partial charge is 0.399 e. The minimum Gasteiger partial charge on any atom is -0.399 e. The smallest absolute Gasteiger partial charge is 0.203 e. The van der Waals surface area contributed by atoms with Gasteiger partial charge in [0.1, 0.15) is 0 Å². The van der Waals surface area contributed by atoms with E-state index in [1.807, 2.05) is 30.3 Å². The summed E-state index contributed by atoms with van der Waals surface area (Å²) < 4.78 is 30.0. The molecule has 0 saturated heterocycles. The number of sulfone groups is 1. The number of rotatable bonds is 5. The first-order valence-electron chi connectivity index (χ1n) is 5.88. The first kappa shape index (κ1) is 15.0. The highest BCUT2D eigenvalue weighted by Crippen LogP contribution is 2.25. The van der Waals surface area contributed by atoms with Crippen LogP contribution in [0, 0.1) is 0 Å². The van der Waals surface area contributed by atoms with Crippen molar-refractivity contribution in [3.05, 3.63) is 58.6 Å². The predicted octanol–water partition coefficient (Wildman–Crippen LogP) is 2.98. The SMILES string of the molecule is Nc1ccc(S(=O)(=O)COCc2ccccc2)c(Br)c1. The quantitative estimate of drug-likeness (QED) is 0.837. The van der Waals surface area contributed by atoms with E-state index in [-0.39, 0.29) is 17.4 Å². The molecule has 106 valence electrons. The van der Waals surface area contributed by atoms with Crippen LogP contribution in [0.5, 0.6) is 0 Å². The summed E-state index contributed by atoms with van der Waals surface area (Å²) in [6.07, 6.45) is 0. The molecule has 0 heterocycles. The van der Waals surface area contributed by atoms with E-state index in [0.717, 1.165) is 5.56 Å². The molecule has 0 atom stereocenters. The Morgan fingerprint density at radius 1 is 1.10 bits per heavy atom. The molecular weight excluding hydrogens is 342 g/mol. The maximum atomic E-state index is 12.2. The Balaban J connectivity index is 2.04. The molecule has 0 bridgehead atoms. The van der Waals surface area contributed by atoms with Crippen LogP contribution < -0.4 is 5.73 Å². The standard InChI is InChI=1S/C14H14BrNO3S/c15-13-8-12(16)6-7-14(13)20(17,18)10-19-9-11-4-2-1-3-5-11/h1-8H,9-10,16H2. The van der Waals surface area contributed by atoms with Crippen LogP contribution in [0.25, 0.3) is 0 Å². The molecule has 4 nitrogen and oxygen atoms in total. The van der Waals surface area contributed by atoms with E-state index in [0.29, 0.717) is 10.2 Å². The molecule has 2 aromatic rings. The fourth-order valence-electron chi connectivity index (χ4n) is 1.68. The second-order valence-corrected chi connectivity index (χ2v) is 7.02. The molecule has 6 heteroatoms. The van der Waals surface area contributed by atoms with Crippen molar-refractivity contribution in [1.82, 2.24) is 0 Å². The molecule has 0 amide bonds. The zero-order valence-corrected chi connectivity index (χ0v) is 13.0. The van der Waals surface area contributed by atoms with Crippen LogP contribution in [0.2, 0.25) is 0 Å². The number of halogens is 1.